The largest absolute Gasteiger partial charge is 0.394 e. The van der Waals surface area contributed by atoms with Crippen molar-refractivity contribution in [2.24, 2.45) is 11.7 Å². The van der Waals surface area contributed by atoms with E-state index in [2.05, 4.69) is 6.92 Å². The second-order valence-corrected chi connectivity index (χ2v) is 5.85. The van der Waals surface area contributed by atoms with Crippen molar-refractivity contribution in [3.8, 4) is 0 Å². The van der Waals surface area contributed by atoms with Crippen LogP contribution in [0.2, 0.25) is 0 Å². The molecule has 1 fully saturated rings. The molecule has 0 aromatic carbocycles. The molecule has 0 aliphatic heterocycles. The molecule has 1 saturated carbocycles. The number of hydrogen-bond acceptors (Lipinski definition) is 3. The lowest BCUT2D eigenvalue weighted by Crippen LogP contribution is -2.40. The van der Waals surface area contributed by atoms with Crippen LogP contribution in [-0.4, -0.2) is 30.0 Å². The van der Waals surface area contributed by atoms with E-state index in [4.69, 9.17) is 15.6 Å². The average Bonchev–Trinajstić information content (AvgIpc) is 2.35. The van der Waals surface area contributed by atoms with Gasteiger partial charge in [-0.3, -0.25) is 0 Å². The van der Waals surface area contributed by atoms with Gasteiger partial charge in [-0.25, -0.2) is 0 Å². The van der Waals surface area contributed by atoms with Gasteiger partial charge in [-0.05, 0) is 38.5 Å². The number of ether oxygens (including phenoxy) is 1. The molecule has 17 heavy (non-hydrogen) atoms. The van der Waals surface area contributed by atoms with E-state index in [0.717, 1.165) is 25.4 Å². The van der Waals surface area contributed by atoms with E-state index in [9.17, 15) is 0 Å². The molecule has 1 aliphatic rings. The van der Waals surface area contributed by atoms with Crippen molar-refractivity contribution >= 4 is 0 Å². The van der Waals surface area contributed by atoms with Crippen molar-refractivity contribution in [3.63, 3.8) is 0 Å². The SMILES string of the molecule is CCC1CCCC(OCCCC(C)(N)CO)C1. The zero-order valence-corrected chi connectivity index (χ0v) is 11.5. The zero-order valence-electron chi connectivity index (χ0n) is 11.5. The molecule has 0 spiro atoms. The van der Waals surface area contributed by atoms with E-state index in [1.54, 1.807) is 0 Å². The van der Waals surface area contributed by atoms with Gasteiger partial charge in [0.2, 0.25) is 0 Å². The van der Waals surface area contributed by atoms with Crippen molar-refractivity contribution in [3.05, 3.63) is 0 Å². The van der Waals surface area contributed by atoms with Crippen molar-refractivity contribution < 1.29 is 9.84 Å². The van der Waals surface area contributed by atoms with E-state index in [0.29, 0.717) is 6.10 Å². The van der Waals surface area contributed by atoms with E-state index >= 15 is 0 Å². The highest BCUT2D eigenvalue weighted by molar-refractivity contribution is 4.77. The summed E-state index contributed by atoms with van der Waals surface area (Å²) in [6.07, 6.45) is 8.66. The Kier molecular flexibility index (Phi) is 6.45. The van der Waals surface area contributed by atoms with Gasteiger partial charge in [-0.2, -0.15) is 0 Å². The fourth-order valence-electron chi connectivity index (χ4n) is 2.57. The number of aliphatic hydroxyl groups excluding tert-OH is 1. The van der Waals surface area contributed by atoms with Crippen LogP contribution < -0.4 is 5.73 Å². The molecule has 0 radical (unpaired) electrons. The molecule has 1 rings (SSSR count). The first-order valence-electron chi connectivity index (χ1n) is 7.08. The maximum Gasteiger partial charge on any atom is 0.0608 e. The van der Waals surface area contributed by atoms with E-state index < -0.39 is 5.54 Å². The summed E-state index contributed by atoms with van der Waals surface area (Å²) in [6, 6.07) is 0. The van der Waals surface area contributed by atoms with Gasteiger partial charge in [0, 0.05) is 12.1 Å². The van der Waals surface area contributed by atoms with Gasteiger partial charge in [-0.15, -0.1) is 0 Å². The molecule has 0 heterocycles. The van der Waals surface area contributed by atoms with Crippen LogP contribution in [0.15, 0.2) is 0 Å². The Labute approximate surface area is 106 Å². The van der Waals surface area contributed by atoms with Crippen LogP contribution in [0.4, 0.5) is 0 Å². The van der Waals surface area contributed by atoms with Gasteiger partial charge < -0.3 is 15.6 Å². The molecule has 3 heteroatoms. The highest BCUT2D eigenvalue weighted by Gasteiger charge is 2.21. The van der Waals surface area contributed by atoms with E-state index in [-0.39, 0.29) is 6.61 Å². The third-order valence-corrected chi connectivity index (χ3v) is 3.92. The molecule has 3 unspecified atom stereocenters. The Balaban J connectivity index is 2.10. The van der Waals surface area contributed by atoms with Crippen LogP contribution in [-0.2, 0) is 4.74 Å². The molecular weight excluding hydrogens is 214 g/mol. The molecule has 0 amide bonds. The number of rotatable bonds is 7. The second kappa shape index (κ2) is 7.34. The van der Waals surface area contributed by atoms with Crippen LogP contribution in [0.3, 0.4) is 0 Å². The molecule has 3 atom stereocenters. The normalized spacial score (nSPS) is 28.9. The monoisotopic (exact) mass is 243 g/mol. The Morgan fingerprint density at radius 1 is 1.41 bits per heavy atom. The van der Waals surface area contributed by atoms with Gasteiger partial charge in [0.05, 0.1) is 12.7 Å². The fourth-order valence-corrected chi connectivity index (χ4v) is 2.57. The van der Waals surface area contributed by atoms with Crippen molar-refractivity contribution in [1.82, 2.24) is 0 Å². The van der Waals surface area contributed by atoms with Crippen LogP contribution in [0, 0.1) is 5.92 Å². The van der Waals surface area contributed by atoms with Crippen LogP contribution in [0.5, 0.6) is 0 Å². The topological polar surface area (TPSA) is 55.5 Å². The minimum Gasteiger partial charge on any atom is -0.394 e. The lowest BCUT2D eigenvalue weighted by molar-refractivity contribution is 0.00826. The minimum atomic E-state index is -0.443. The number of aliphatic hydroxyl groups is 1. The lowest BCUT2D eigenvalue weighted by atomic mass is 9.85. The van der Waals surface area contributed by atoms with Gasteiger partial charge >= 0.3 is 0 Å². The zero-order chi connectivity index (χ0) is 12.7. The first kappa shape index (κ1) is 14.9. The van der Waals surface area contributed by atoms with Gasteiger partial charge in [0.25, 0.3) is 0 Å². The molecule has 3 N–H and O–H groups in total. The third-order valence-electron chi connectivity index (χ3n) is 3.92. The molecule has 1 aliphatic carbocycles. The highest BCUT2D eigenvalue weighted by Crippen LogP contribution is 2.28. The summed E-state index contributed by atoms with van der Waals surface area (Å²) in [5.41, 5.74) is 5.43. The lowest BCUT2D eigenvalue weighted by Gasteiger charge is -2.29. The Morgan fingerprint density at radius 2 is 2.18 bits per heavy atom. The summed E-state index contributed by atoms with van der Waals surface area (Å²) in [5.74, 6) is 0.867. The van der Waals surface area contributed by atoms with Crippen LogP contribution in [0.25, 0.3) is 0 Å². The van der Waals surface area contributed by atoms with Gasteiger partial charge in [-0.1, -0.05) is 26.2 Å². The summed E-state index contributed by atoms with van der Waals surface area (Å²) in [4.78, 5) is 0. The van der Waals surface area contributed by atoms with E-state index in [1.165, 1.54) is 32.1 Å². The Hall–Kier alpha value is -0.120. The fraction of sp³-hybridized carbons (Fsp3) is 1.00. The van der Waals surface area contributed by atoms with Gasteiger partial charge in [0.15, 0.2) is 0 Å². The summed E-state index contributed by atoms with van der Waals surface area (Å²) in [6.45, 7) is 5.00. The Bertz CT molecular complexity index is 206. The smallest absolute Gasteiger partial charge is 0.0608 e. The summed E-state index contributed by atoms with van der Waals surface area (Å²) in [7, 11) is 0. The minimum absolute atomic E-state index is 0.0499. The number of nitrogens with two attached hydrogens (primary N) is 1. The van der Waals surface area contributed by atoms with Gasteiger partial charge in [0.1, 0.15) is 0 Å². The van der Waals surface area contributed by atoms with Crippen molar-refractivity contribution in [2.45, 2.75) is 70.4 Å². The maximum absolute atomic E-state index is 9.04. The molecule has 3 nitrogen and oxygen atoms in total. The molecule has 0 bridgehead atoms. The first-order chi connectivity index (χ1) is 8.07. The van der Waals surface area contributed by atoms with Crippen LogP contribution >= 0.6 is 0 Å². The standard InChI is InChI=1S/C14H29NO2/c1-3-12-6-4-7-13(10-12)17-9-5-8-14(2,15)11-16/h12-13,16H,3-11,15H2,1-2H3. The summed E-state index contributed by atoms with van der Waals surface area (Å²) < 4.78 is 5.92. The van der Waals surface area contributed by atoms with Crippen LogP contribution in [0.1, 0.15) is 58.8 Å². The molecule has 102 valence electrons. The molecule has 0 saturated heterocycles. The molecule has 0 aromatic rings. The predicted octanol–water partition coefficient (Wildman–Crippen LogP) is 2.46. The summed E-state index contributed by atoms with van der Waals surface area (Å²) in [5, 5.41) is 9.04. The highest BCUT2D eigenvalue weighted by atomic mass is 16.5. The average molecular weight is 243 g/mol. The Morgan fingerprint density at radius 3 is 2.82 bits per heavy atom. The maximum atomic E-state index is 9.04. The summed E-state index contributed by atoms with van der Waals surface area (Å²) >= 11 is 0. The van der Waals surface area contributed by atoms with E-state index in [1.807, 2.05) is 6.92 Å². The molecular formula is C14H29NO2. The first-order valence-corrected chi connectivity index (χ1v) is 7.08. The number of hydrogen-bond donors (Lipinski definition) is 2. The third kappa shape index (κ3) is 5.84. The predicted molar refractivity (Wildman–Crippen MR) is 70.9 cm³/mol. The van der Waals surface area contributed by atoms with Crippen molar-refractivity contribution in [1.29, 1.82) is 0 Å². The second-order valence-electron chi connectivity index (χ2n) is 5.85. The van der Waals surface area contributed by atoms with Crippen molar-refractivity contribution in [2.75, 3.05) is 13.2 Å². The molecule has 0 aromatic heterocycles. The quantitative estimate of drug-likeness (QED) is 0.675.